The number of aryl methyl sites for hydroxylation is 1. The van der Waals surface area contributed by atoms with Crippen molar-refractivity contribution in [3.05, 3.63) is 33.8 Å². The first-order chi connectivity index (χ1) is 7.60. The van der Waals surface area contributed by atoms with E-state index in [0.717, 1.165) is 16.5 Å². The van der Waals surface area contributed by atoms with Crippen LogP contribution in [0.15, 0.2) is 22.7 Å². The Morgan fingerprint density at radius 1 is 1.62 bits per heavy atom. The van der Waals surface area contributed by atoms with Gasteiger partial charge >= 0.3 is 0 Å². The van der Waals surface area contributed by atoms with Crippen LogP contribution in [0.4, 0.5) is 0 Å². The summed E-state index contributed by atoms with van der Waals surface area (Å²) in [6.07, 6.45) is 6.03. The van der Waals surface area contributed by atoms with Crippen molar-refractivity contribution < 1.29 is 4.79 Å². The van der Waals surface area contributed by atoms with Crippen LogP contribution in [0, 0.1) is 19.3 Å². The normalized spacial score (nSPS) is 11.6. The van der Waals surface area contributed by atoms with Crippen molar-refractivity contribution in [3.8, 4) is 12.3 Å². The second kappa shape index (κ2) is 5.72. The Morgan fingerprint density at radius 2 is 2.31 bits per heavy atom. The van der Waals surface area contributed by atoms with Crippen LogP contribution >= 0.6 is 15.9 Å². The number of carbonyl (C=O) groups is 1. The van der Waals surface area contributed by atoms with E-state index in [1.807, 2.05) is 26.0 Å². The molecule has 1 amide bonds. The lowest BCUT2D eigenvalue weighted by Gasteiger charge is -2.12. The Balaban J connectivity index is 2.90. The van der Waals surface area contributed by atoms with E-state index >= 15 is 0 Å². The van der Waals surface area contributed by atoms with Crippen molar-refractivity contribution in [2.24, 2.45) is 0 Å². The molecular weight excluding hydrogens is 266 g/mol. The Kier molecular flexibility index (Phi) is 4.57. The summed E-state index contributed by atoms with van der Waals surface area (Å²) >= 11 is 3.40. The van der Waals surface area contributed by atoms with Gasteiger partial charge in [-0.05, 0) is 40.9 Å². The van der Waals surface area contributed by atoms with E-state index < -0.39 is 0 Å². The van der Waals surface area contributed by atoms with Crippen LogP contribution < -0.4 is 5.32 Å². The molecule has 16 heavy (non-hydrogen) atoms. The summed E-state index contributed by atoms with van der Waals surface area (Å²) in [4.78, 5) is 11.9. The lowest BCUT2D eigenvalue weighted by Crippen LogP contribution is -2.33. The highest BCUT2D eigenvalue weighted by molar-refractivity contribution is 9.10. The predicted molar refractivity (Wildman–Crippen MR) is 69.3 cm³/mol. The smallest absolute Gasteiger partial charge is 0.253 e. The molecule has 1 rings (SSSR count). The molecule has 0 aliphatic rings. The third kappa shape index (κ3) is 2.86. The minimum absolute atomic E-state index is 0.139. The van der Waals surface area contributed by atoms with E-state index in [4.69, 9.17) is 6.42 Å². The molecule has 0 aliphatic heterocycles. The fourth-order valence-corrected chi connectivity index (χ4v) is 1.76. The zero-order valence-electron chi connectivity index (χ0n) is 9.38. The average Bonchev–Trinajstić information content (AvgIpc) is 2.29. The molecule has 1 aromatic rings. The largest absolute Gasteiger partial charge is 0.338 e. The summed E-state index contributed by atoms with van der Waals surface area (Å²) < 4.78 is 0.819. The van der Waals surface area contributed by atoms with Crippen LogP contribution in [0.1, 0.15) is 29.3 Å². The maximum atomic E-state index is 11.9. The Hall–Kier alpha value is -1.27. The lowest BCUT2D eigenvalue weighted by molar-refractivity contribution is 0.0944. The van der Waals surface area contributed by atoms with E-state index in [1.54, 1.807) is 6.07 Å². The molecule has 84 valence electrons. The van der Waals surface area contributed by atoms with Gasteiger partial charge in [-0.15, -0.1) is 6.42 Å². The molecule has 0 aromatic heterocycles. The highest BCUT2D eigenvalue weighted by Crippen LogP contribution is 2.20. The van der Waals surface area contributed by atoms with Gasteiger partial charge in [0.25, 0.3) is 5.91 Å². The number of rotatable bonds is 3. The SMILES string of the molecule is C#CC(CC)NC(=O)c1cccc(C)c1Br. The predicted octanol–water partition coefficient (Wildman–Crippen LogP) is 2.90. The van der Waals surface area contributed by atoms with Crippen molar-refractivity contribution in [1.82, 2.24) is 5.32 Å². The molecule has 0 heterocycles. The number of nitrogens with one attached hydrogen (secondary N) is 1. The van der Waals surface area contributed by atoms with Crippen LogP contribution in [0.25, 0.3) is 0 Å². The van der Waals surface area contributed by atoms with Gasteiger partial charge in [-0.1, -0.05) is 25.0 Å². The second-order valence-corrected chi connectivity index (χ2v) is 4.33. The van der Waals surface area contributed by atoms with Crippen molar-refractivity contribution in [1.29, 1.82) is 0 Å². The number of benzene rings is 1. The minimum Gasteiger partial charge on any atom is -0.338 e. The van der Waals surface area contributed by atoms with Crippen LogP contribution in [0.2, 0.25) is 0 Å². The summed E-state index contributed by atoms with van der Waals surface area (Å²) in [5.74, 6) is 2.40. The summed E-state index contributed by atoms with van der Waals surface area (Å²) in [7, 11) is 0. The van der Waals surface area contributed by atoms with Crippen LogP contribution in [0.3, 0.4) is 0 Å². The number of hydrogen-bond donors (Lipinski definition) is 1. The molecule has 0 bridgehead atoms. The Labute approximate surface area is 105 Å². The van der Waals surface area contributed by atoms with Crippen LogP contribution in [0.5, 0.6) is 0 Å². The molecule has 0 spiro atoms. The van der Waals surface area contributed by atoms with Gasteiger partial charge in [0.15, 0.2) is 0 Å². The minimum atomic E-state index is -0.208. The number of hydrogen-bond acceptors (Lipinski definition) is 1. The molecule has 1 unspecified atom stereocenters. The van der Waals surface area contributed by atoms with E-state index in [0.29, 0.717) is 5.56 Å². The second-order valence-electron chi connectivity index (χ2n) is 3.54. The van der Waals surface area contributed by atoms with Gasteiger partial charge in [0.2, 0.25) is 0 Å². The topological polar surface area (TPSA) is 29.1 Å². The molecule has 0 fully saturated rings. The maximum Gasteiger partial charge on any atom is 0.253 e. The molecule has 1 aromatic carbocycles. The molecule has 0 saturated heterocycles. The molecule has 2 nitrogen and oxygen atoms in total. The van der Waals surface area contributed by atoms with Crippen LogP contribution in [-0.4, -0.2) is 11.9 Å². The molecular formula is C13H14BrNO. The fourth-order valence-electron chi connectivity index (χ4n) is 1.32. The van der Waals surface area contributed by atoms with Crippen molar-refractivity contribution in [2.75, 3.05) is 0 Å². The van der Waals surface area contributed by atoms with E-state index in [1.165, 1.54) is 0 Å². The molecule has 1 atom stereocenters. The molecule has 0 aliphatic carbocycles. The maximum absolute atomic E-state index is 11.9. The van der Waals surface area contributed by atoms with E-state index in [2.05, 4.69) is 27.2 Å². The van der Waals surface area contributed by atoms with Gasteiger partial charge in [0.1, 0.15) is 0 Å². The summed E-state index contributed by atoms with van der Waals surface area (Å²) in [6.45, 7) is 3.88. The summed E-state index contributed by atoms with van der Waals surface area (Å²) in [5, 5.41) is 2.80. The Bertz CT molecular complexity index is 434. The standard InChI is InChI=1S/C13H14BrNO/c1-4-10(5-2)15-13(16)11-8-6-7-9(3)12(11)14/h1,6-8,10H,5H2,2-3H3,(H,15,16). The third-order valence-corrected chi connectivity index (χ3v) is 3.40. The lowest BCUT2D eigenvalue weighted by atomic mass is 10.1. The van der Waals surface area contributed by atoms with Gasteiger partial charge in [0, 0.05) is 4.47 Å². The average molecular weight is 280 g/mol. The van der Waals surface area contributed by atoms with E-state index in [-0.39, 0.29) is 11.9 Å². The van der Waals surface area contributed by atoms with Crippen molar-refractivity contribution in [3.63, 3.8) is 0 Å². The molecule has 0 radical (unpaired) electrons. The highest BCUT2D eigenvalue weighted by atomic mass is 79.9. The van der Waals surface area contributed by atoms with Gasteiger partial charge in [-0.3, -0.25) is 4.79 Å². The molecule has 3 heteroatoms. The van der Waals surface area contributed by atoms with Crippen LogP contribution in [-0.2, 0) is 0 Å². The van der Waals surface area contributed by atoms with E-state index in [9.17, 15) is 4.79 Å². The van der Waals surface area contributed by atoms with Crippen molar-refractivity contribution in [2.45, 2.75) is 26.3 Å². The summed E-state index contributed by atoms with van der Waals surface area (Å²) in [6, 6.07) is 5.36. The van der Waals surface area contributed by atoms with Gasteiger partial charge in [0.05, 0.1) is 11.6 Å². The van der Waals surface area contributed by atoms with Gasteiger partial charge in [-0.2, -0.15) is 0 Å². The number of terminal acetylenes is 1. The highest BCUT2D eigenvalue weighted by Gasteiger charge is 2.13. The molecule has 0 saturated carbocycles. The molecule has 1 N–H and O–H groups in total. The van der Waals surface area contributed by atoms with Gasteiger partial charge < -0.3 is 5.32 Å². The Morgan fingerprint density at radius 3 is 2.88 bits per heavy atom. The number of amides is 1. The number of carbonyl (C=O) groups excluding carboxylic acids is 1. The summed E-state index contributed by atoms with van der Waals surface area (Å²) in [5.41, 5.74) is 1.65. The first-order valence-electron chi connectivity index (χ1n) is 5.12. The van der Waals surface area contributed by atoms with Crippen molar-refractivity contribution >= 4 is 21.8 Å². The number of halogens is 1. The van der Waals surface area contributed by atoms with Gasteiger partial charge in [-0.25, -0.2) is 0 Å². The first kappa shape index (κ1) is 12.8. The quantitative estimate of drug-likeness (QED) is 0.847. The first-order valence-corrected chi connectivity index (χ1v) is 5.91. The third-order valence-electron chi connectivity index (χ3n) is 2.35. The fraction of sp³-hybridized carbons (Fsp3) is 0.308. The zero-order chi connectivity index (χ0) is 12.1. The zero-order valence-corrected chi connectivity index (χ0v) is 11.0. The monoisotopic (exact) mass is 279 g/mol.